The maximum absolute atomic E-state index is 13.1. The summed E-state index contributed by atoms with van der Waals surface area (Å²) in [4.78, 5) is 30.7. The predicted octanol–water partition coefficient (Wildman–Crippen LogP) is 5.78. The Balaban J connectivity index is 1.62. The fourth-order valence-electron chi connectivity index (χ4n) is 4.48. The number of nitrogens with zero attached hydrogens (tertiary/aromatic N) is 2. The fraction of sp³-hybridized carbons (Fsp3) is 0.281. The van der Waals surface area contributed by atoms with Crippen molar-refractivity contribution in [2.24, 2.45) is 7.05 Å². The van der Waals surface area contributed by atoms with E-state index in [2.05, 4.69) is 41.7 Å². The molecule has 40 heavy (non-hydrogen) atoms. The second kappa shape index (κ2) is 11.8. The van der Waals surface area contributed by atoms with Crippen LogP contribution in [0.3, 0.4) is 0 Å². The Bertz CT molecular complexity index is 1580. The Kier molecular flexibility index (Phi) is 8.40. The van der Waals surface area contributed by atoms with E-state index in [0.29, 0.717) is 34.9 Å². The Labute approximate surface area is 235 Å². The first-order valence-electron chi connectivity index (χ1n) is 13.2. The van der Waals surface area contributed by atoms with Gasteiger partial charge in [-0.15, -0.1) is 0 Å². The molecule has 0 fully saturated rings. The SMILES string of the molecule is CNCc1ccc(Nc2nc(-c3cccc(NC(=O)c4ccc(C(C)(C)C)cc4)c3C)cn(C)c2=O)cc1OC. The molecule has 4 rings (SSSR count). The highest BCUT2D eigenvalue weighted by molar-refractivity contribution is 6.05. The molecule has 1 amide bonds. The van der Waals surface area contributed by atoms with Crippen molar-refractivity contribution < 1.29 is 9.53 Å². The predicted molar refractivity (Wildman–Crippen MR) is 162 cm³/mol. The van der Waals surface area contributed by atoms with Gasteiger partial charge in [-0.1, -0.05) is 51.1 Å². The molecule has 0 spiro atoms. The monoisotopic (exact) mass is 539 g/mol. The number of methoxy groups -OCH3 is 1. The van der Waals surface area contributed by atoms with Crippen molar-refractivity contribution in [2.45, 2.75) is 39.7 Å². The van der Waals surface area contributed by atoms with Crippen LogP contribution in [0.25, 0.3) is 11.3 Å². The van der Waals surface area contributed by atoms with Crippen LogP contribution in [0, 0.1) is 6.92 Å². The normalized spacial score (nSPS) is 11.3. The smallest absolute Gasteiger partial charge is 0.293 e. The zero-order chi connectivity index (χ0) is 29.0. The molecular formula is C32H37N5O3. The number of benzene rings is 3. The minimum atomic E-state index is -0.261. The van der Waals surface area contributed by atoms with Crippen LogP contribution in [0.15, 0.2) is 71.7 Å². The summed E-state index contributed by atoms with van der Waals surface area (Å²) in [6.45, 7) is 9.02. The Morgan fingerprint density at radius 2 is 1.77 bits per heavy atom. The molecule has 0 saturated heterocycles. The van der Waals surface area contributed by atoms with Gasteiger partial charge >= 0.3 is 0 Å². The second-order valence-corrected chi connectivity index (χ2v) is 10.8. The van der Waals surface area contributed by atoms with Gasteiger partial charge in [-0.2, -0.15) is 0 Å². The second-order valence-electron chi connectivity index (χ2n) is 10.8. The minimum absolute atomic E-state index is 0.0124. The van der Waals surface area contributed by atoms with E-state index in [4.69, 9.17) is 4.74 Å². The maximum Gasteiger partial charge on any atom is 0.293 e. The fourth-order valence-corrected chi connectivity index (χ4v) is 4.48. The molecule has 1 aromatic heterocycles. The van der Waals surface area contributed by atoms with Crippen molar-refractivity contribution in [2.75, 3.05) is 24.8 Å². The highest BCUT2D eigenvalue weighted by Gasteiger charge is 2.17. The largest absolute Gasteiger partial charge is 0.496 e. The lowest BCUT2D eigenvalue weighted by atomic mass is 9.86. The summed E-state index contributed by atoms with van der Waals surface area (Å²) >= 11 is 0. The number of nitrogens with one attached hydrogen (secondary N) is 3. The number of carbonyl (C=O) groups excluding carboxylic acids is 1. The van der Waals surface area contributed by atoms with Crippen molar-refractivity contribution in [3.63, 3.8) is 0 Å². The van der Waals surface area contributed by atoms with Crippen LogP contribution in [-0.2, 0) is 19.0 Å². The van der Waals surface area contributed by atoms with Gasteiger partial charge in [0.25, 0.3) is 11.5 Å². The first-order valence-corrected chi connectivity index (χ1v) is 13.2. The molecule has 0 bridgehead atoms. The molecule has 0 unspecified atom stereocenters. The van der Waals surface area contributed by atoms with Gasteiger partial charge in [0.1, 0.15) is 5.75 Å². The maximum atomic E-state index is 13.1. The van der Waals surface area contributed by atoms with Crippen LogP contribution in [-0.4, -0.2) is 29.6 Å². The van der Waals surface area contributed by atoms with Gasteiger partial charge in [0.15, 0.2) is 5.82 Å². The summed E-state index contributed by atoms with van der Waals surface area (Å²) < 4.78 is 7.02. The number of hydrogen-bond acceptors (Lipinski definition) is 6. The molecule has 8 nitrogen and oxygen atoms in total. The van der Waals surface area contributed by atoms with Gasteiger partial charge in [-0.05, 0) is 54.8 Å². The lowest BCUT2D eigenvalue weighted by Gasteiger charge is -2.19. The molecular weight excluding hydrogens is 502 g/mol. The summed E-state index contributed by atoms with van der Waals surface area (Å²) in [7, 11) is 5.18. The van der Waals surface area contributed by atoms with Crippen LogP contribution in [0.2, 0.25) is 0 Å². The number of hydrogen-bond donors (Lipinski definition) is 3. The summed E-state index contributed by atoms with van der Waals surface area (Å²) in [5.74, 6) is 0.711. The van der Waals surface area contributed by atoms with Crippen molar-refractivity contribution >= 4 is 23.1 Å². The van der Waals surface area contributed by atoms with Crippen LogP contribution < -0.4 is 26.2 Å². The summed E-state index contributed by atoms with van der Waals surface area (Å²) in [6, 6.07) is 19.0. The summed E-state index contributed by atoms with van der Waals surface area (Å²) in [5, 5.41) is 9.31. The van der Waals surface area contributed by atoms with Crippen LogP contribution in [0.1, 0.15) is 47.8 Å². The Hall–Kier alpha value is -4.43. The minimum Gasteiger partial charge on any atom is -0.496 e. The van der Waals surface area contributed by atoms with Gasteiger partial charge in [-0.3, -0.25) is 9.59 Å². The van der Waals surface area contributed by atoms with Gasteiger partial charge < -0.3 is 25.3 Å². The summed E-state index contributed by atoms with van der Waals surface area (Å²) in [5.41, 5.74) is 6.13. The molecule has 0 radical (unpaired) electrons. The van der Waals surface area contributed by atoms with Crippen molar-refractivity contribution in [3.05, 3.63) is 99.5 Å². The third-order valence-electron chi connectivity index (χ3n) is 6.86. The molecule has 4 aromatic rings. The van der Waals surface area contributed by atoms with Crippen molar-refractivity contribution in [1.82, 2.24) is 14.9 Å². The van der Waals surface area contributed by atoms with Crippen LogP contribution >= 0.6 is 0 Å². The van der Waals surface area contributed by atoms with E-state index in [0.717, 1.165) is 16.7 Å². The third kappa shape index (κ3) is 6.24. The Morgan fingerprint density at radius 3 is 2.42 bits per heavy atom. The quantitative estimate of drug-likeness (QED) is 0.263. The van der Waals surface area contributed by atoms with Gasteiger partial charge in [0.2, 0.25) is 0 Å². The highest BCUT2D eigenvalue weighted by Crippen LogP contribution is 2.29. The third-order valence-corrected chi connectivity index (χ3v) is 6.86. The van der Waals surface area contributed by atoms with Crippen molar-refractivity contribution in [1.29, 1.82) is 0 Å². The van der Waals surface area contributed by atoms with Crippen LogP contribution in [0.5, 0.6) is 5.75 Å². The number of aryl methyl sites for hydroxylation is 1. The van der Waals surface area contributed by atoms with E-state index >= 15 is 0 Å². The van der Waals surface area contributed by atoms with Crippen molar-refractivity contribution in [3.8, 4) is 17.0 Å². The number of aromatic nitrogens is 2. The first-order chi connectivity index (χ1) is 19.0. The van der Waals surface area contributed by atoms with E-state index in [1.807, 2.05) is 74.6 Å². The highest BCUT2D eigenvalue weighted by atomic mass is 16.5. The molecule has 0 aliphatic carbocycles. The zero-order valence-corrected chi connectivity index (χ0v) is 24.2. The Morgan fingerprint density at radius 1 is 1.05 bits per heavy atom. The lowest BCUT2D eigenvalue weighted by Crippen LogP contribution is -2.21. The lowest BCUT2D eigenvalue weighted by molar-refractivity contribution is 0.102. The standard InChI is InChI=1S/C32H37N5O3/c1-20-25(9-8-10-26(20)36-30(38)21-11-14-23(15-12-21)32(2,3)4)27-19-37(6)31(39)29(35-27)34-24-16-13-22(18-33-5)28(17-24)40-7/h8-17,19,33H,18H2,1-7H3,(H,34,35)(H,36,38). The molecule has 0 aliphatic heterocycles. The van der Waals surface area contributed by atoms with E-state index < -0.39 is 0 Å². The van der Waals surface area contributed by atoms with Gasteiger partial charge in [0.05, 0.1) is 12.8 Å². The molecule has 1 heterocycles. The van der Waals surface area contributed by atoms with Crippen LogP contribution in [0.4, 0.5) is 17.2 Å². The van der Waals surface area contributed by atoms with E-state index in [1.165, 1.54) is 10.1 Å². The van der Waals surface area contributed by atoms with Gasteiger partial charge in [0, 0.05) is 53.9 Å². The molecule has 8 heteroatoms. The zero-order valence-electron chi connectivity index (χ0n) is 24.2. The van der Waals surface area contributed by atoms with E-state index in [1.54, 1.807) is 20.4 Å². The number of rotatable bonds is 8. The number of carbonyl (C=O) groups is 1. The topological polar surface area (TPSA) is 97.3 Å². The summed E-state index contributed by atoms with van der Waals surface area (Å²) in [6.07, 6.45) is 1.70. The molecule has 0 aliphatic rings. The molecule has 0 atom stereocenters. The molecule has 0 saturated carbocycles. The van der Waals surface area contributed by atoms with E-state index in [-0.39, 0.29) is 22.7 Å². The number of amides is 1. The number of anilines is 3. The molecule has 208 valence electrons. The molecule has 3 aromatic carbocycles. The number of ether oxygens (including phenoxy) is 1. The van der Waals surface area contributed by atoms with Gasteiger partial charge in [-0.25, -0.2) is 4.98 Å². The first kappa shape index (κ1) is 28.6. The molecule has 3 N–H and O–H groups in total. The van der Waals surface area contributed by atoms with E-state index in [9.17, 15) is 9.59 Å². The average molecular weight is 540 g/mol. The average Bonchev–Trinajstić information content (AvgIpc) is 2.92.